The fourth-order valence-electron chi connectivity index (χ4n) is 2.11. The van der Waals surface area contributed by atoms with E-state index >= 15 is 0 Å². The molecule has 0 bridgehead atoms. The van der Waals surface area contributed by atoms with Gasteiger partial charge in [-0.2, -0.15) is 5.10 Å². The zero-order chi connectivity index (χ0) is 15.3. The van der Waals surface area contributed by atoms with E-state index < -0.39 is 6.04 Å². The number of anilines is 2. The first-order chi connectivity index (χ1) is 9.40. The Morgan fingerprint density at radius 3 is 2.65 bits per heavy atom. The summed E-state index contributed by atoms with van der Waals surface area (Å²) in [6, 6.07) is -0.408. The number of nitrogens with two attached hydrogens (primary N) is 1. The zero-order valence-corrected chi connectivity index (χ0v) is 13.1. The minimum Gasteiger partial charge on any atom is -0.467 e. The van der Waals surface area contributed by atoms with Gasteiger partial charge in [0, 0.05) is 6.54 Å². The number of rotatable bonds is 7. The molecule has 0 fully saturated rings. The molecule has 1 unspecified atom stereocenters. The third-order valence-electron chi connectivity index (χ3n) is 3.11. The number of aromatic nitrogens is 2. The van der Waals surface area contributed by atoms with Crippen molar-refractivity contribution < 1.29 is 9.53 Å². The van der Waals surface area contributed by atoms with E-state index in [1.165, 1.54) is 7.11 Å². The minimum atomic E-state index is -0.408. The second kappa shape index (κ2) is 7.17. The zero-order valence-electron chi connectivity index (χ0n) is 13.1. The van der Waals surface area contributed by atoms with Crippen molar-refractivity contribution in [1.29, 1.82) is 0 Å². The average Bonchev–Trinajstić information content (AvgIpc) is 2.64. The van der Waals surface area contributed by atoms with Crippen LogP contribution in [-0.2, 0) is 16.1 Å². The highest BCUT2D eigenvalue weighted by atomic mass is 16.5. The van der Waals surface area contributed by atoms with Gasteiger partial charge in [0.2, 0.25) is 0 Å². The van der Waals surface area contributed by atoms with Crippen LogP contribution in [-0.4, -0.2) is 28.9 Å². The predicted octanol–water partition coefficient (Wildman–Crippen LogP) is 2.18. The first-order valence-corrected chi connectivity index (χ1v) is 7.07. The Morgan fingerprint density at radius 1 is 1.50 bits per heavy atom. The molecule has 1 aromatic rings. The van der Waals surface area contributed by atoms with Crippen LogP contribution in [0, 0.1) is 12.8 Å². The van der Waals surface area contributed by atoms with Crippen LogP contribution in [0.4, 0.5) is 11.5 Å². The fraction of sp³-hybridized carbons (Fsp3) is 0.714. The number of nitrogen functional groups attached to an aromatic ring is 1. The number of hydrogen-bond donors (Lipinski definition) is 2. The molecular weight excluding hydrogens is 256 g/mol. The van der Waals surface area contributed by atoms with E-state index in [4.69, 9.17) is 10.5 Å². The van der Waals surface area contributed by atoms with Crippen LogP contribution in [0.25, 0.3) is 0 Å². The van der Waals surface area contributed by atoms with E-state index in [2.05, 4.69) is 31.2 Å². The molecule has 1 atom stereocenters. The van der Waals surface area contributed by atoms with Crippen LogP contribution >= 0.6 is 0 Å². The number of aryl methyl sites for hydroxylation is 2. The molecule has 3 N–H and O–H groups in total. The maximum atomic E-state index is 11.9. The van der Waals surface area contributed by atoms with Gasteiger partial charge in [0.15, 0.2) is 0 Å². The summed E-state index contributed by atoms with van der Waals surface area (Å²) in [7, 11) is 1.40. The van der Waals surface area contributed by atoms with Gasteiger partial charge in [0.25, 0.3) is 0 Å². The van der Waals surface area contributed by atoms with Crippen molar-refractivity contribution in [2.24, 2.45) is 5.92 Å². The fourth-order valence-corrected chi connectivity index (χ4v) is 2.11. The molecule has 1 rings (SSSR count). The monoisotopic (exact) mass is 282 g/mol. The summed E-state index contributed by atoms with van der Waals surface area (Å²) in [6.07, 6.45) is 1.63. The molecule has 0 radical (unpaired) electrons. The van der Waals surface area contributed by atoms with Gasteiger partial charge in [-0.25, -0.2) is 9.48 Å². The van der Waals surface area contributed by atoms with Gasteiger partial charge >= 0.3 is 5.97 Å². The Labute approximate surface area is 120 Å². The Balaban J connectivity index is 3.00. The molecule has 1 aromatic heterocycles. The minimum absolute atomic E-state index is 0.278. The SMILES string of the molecule is CCCn1nc(C)c(N)c1NC(CC(C)C)C(=O)OC. The normalized spacial score (nSPS) is 12.5. The molecule has 0 spiro atoms. The first-order valence-electron chi connectivity index (χ1n) is 7.07. The van der Waals surface area contributed by atoms with Gasteiger partial charge in [0.1, 0.15) is 11.9 Å². The summed E-state index contributed by atoms with van der Waals surface area (Å²) >= 11 is 0. The van der Waals surface area contributed by atoms with E-state index in [1.54, 1.807) is 0 Å². The molecule has 0 aliphatic rings. The quantitative estimate of drug-likeness (QED) is 0.749. The smallest absolute Gasteiger partial charge is 0.328 e. The highest BCUT2D eigenvalue weighted by Gasteiger charge is 2.23. The van der Waals surface area contributed by atoms with Gasteiger partial charge < -0.3 is 15.8 Å². The van der Waals surface area contributed by atoms with Gasteiger partial charge in [-0.1, -0.05) is 20.8 Å². The van der Waals surface area contributed by atoms with E-state index in [-0.39, 0.29) is 5.97 Å². The van der Waals surface area contributed by atoms with Gasteiger partial charge in [0.05, 0.1) is 18.5 Å². The summed E-state index contributed by atoms with van der Waals surface area (Å²) < 4.78 is 6.68. The molecule has 20 heavy (non-hydrogen) atoms. The number of ether oxygens (including phenoxy) is 1. The molecule has 0 aromatic carbocycles. The molecule has 0 aliphatic carbocycles. The molecule has 0 saturated carbocycles. The van der Waals surface area contributed by atoms with Gasteiger partial charge in [-0.3, -0.25) is 0 Å². The summed E-state index contributed by atoms with van der Waals surface area (Å²) in [6.45, 7) is 8.83. The number of carbonyl (C=O) groups excluding carboxylic acids is 1. The van der Waals surface area contributed by atoms with E-state index in [1.807, 2.05) is 11.6 Å². The summed E-state index contributed by atoms with van der Waals surface area (Å²) in [5.41, 5.74) is 7.42. The van der Waals surface area contributed by atoms with Crippen LogP contribution < -0.4 is 11.1 Å². The van der Waals surface area contributed by atoms with Gasteiger partial charge in [-0.15, -0.1) is 0 Å². The topological polar surface area (TPSA) is 82.2 Å². The summed E-state index contributed by atoms with van der Waals surface area (Å²) in [5, 5.41) is 7.60. The lowest BCUT2D eigenvalue weighted by Gasteiger charge is -2.20. The Morgan fingerprint density at radius 2 is 2.15 bits per heavy atom. The molecule has 1 heterocycles. The first kappa shape index (κ1) is 16.3. The number of nitrogens with one attached hydrogen (secondary N) is 1. The van der Waals surface area contributed by atoms with Crippen LogP contribution in [0.2, 0.25) is 0 Å². The number of esters is 1. The number of carbonyl (C=O) groups is 1. The lowest BCUT2D eigenvalue weighted by Crippen LogP contribution is -2.33. The lowest BCUT2D eigenvalue weighted by atomic mass is 10.0. The summed E-state index contributed by atoms with van der Waals surface area (Å²) in [4.78, 5) is 11.9. The van der Waals surface area contributed by atoms with Crippen molar-refractivity contribution in [3.8, 4) is 0 Å². The third-order valence-corrected chi connectivity index (χ3v) is 3.11. The molecule has 6 heteroatoms. The highest BCUT2D eigenvalue weighted by Crippen LogP contribution is 2.24. The Kier molecular flexibility index (Phi) is 5.85. The van der Waals surface area contributed by atoms with Gasteiger partial charge in [-0.05, 0) is 25.7 Å². The second-order valence-corrected chi connectivity index (χ2v) is 5.42. The van der Waals surface area contributed by atoms with Crippen molar-refractivity contribution >= 4 is 17.5 Å². The molecule has 114 valence electrons. The van der Waals surface area contributed by atoms with Crippen molar-refractivity contribution in [1.82, 2.24) is 9.78 Å². The van der Waals surface area contributed by atoms with Crippen molar-refractivity contribution in [3.63, 3.8) is 0 Å². The van der Waals surface area contributed by atoms with Crippen LogP contribution in [0.15, 0.2) is 0 Å². The highest BCUT2D eigenvalue weighted by molar-refractivity contribution is 5.80. The van der Waals surface area contributed by atoms with Crippen molar-refractivity contribution in [2.45, 2.75) is 53.1 Å². The maximum Gasteiger partial charge on any atom is 0.328 e. The van der Waals surface area contributed by atoms with Crippen molar-refractivity contribution in [3.05, 3.63) is 5.69 Å². The maximum absolute atomic E-state index is 11.9. The number of hydrogen-bond acceptors (Lipinski definition) is 5. The van der Waals surface area contributed by atoms with Crippen LogP contribution in [0.5, 0.6) is 0 Å². The van der Waals surface area contributed by atoms with Crippen LogP contribution in [0.3, 0.4) is 0 Å². The van der Waals surface area contributed by atoms with Crippen LogP contribution in [0.1, 0.15) is 39.3 Å². The lowest BCUT2D eigenvalue weighted by molar-refractivity contribution is -0.141. The number of nitrogens with zero attached hydrogens (tertiary/aromatic N) is 2. The summed E-state index contributed by atoms with van der Waals surface area (Å²) in [5.74, 6) is 0.803. The molecule has 0 amide bonds. The van der Waals surface area contributed by atoms with Crippen molar-refractivity contribution in [2.75, 3.05) is 18.2 Å². The standard InChI is InChI=1S/C14H26N4O2/c1-6-7-18-13(12(15)10(4)17-18)16-11(8-9(2)3)14(19)20-5/h9,11,16H,6-8,15H2,1-5H3. The second-order valence-electron chi connectivity index (χ2n) is 5.42. The molecule has 0 aliphatic heterocycles. The predicted molar refractivity (Wildman–Crippen MR) is 80.5 cm³/mol. The molecular formula is C14H26N4O2. The van der Waals surface area contributed by atoms with E-state index in [9.17, 15) is 4.79 Å². The number of methoxy groups -OCH3 is 1. The largest absolute Gasteiger partial charge is 0.467 e. The van der Waals surface area contributed by atoms with E-state index in [0.29, 0.717) is 23.8 Å². The Bertz CT molecular complexity index is 454. The van der Waals surface area contributed by atoms with E-state index in [0.717, 1.165) is 18.7 Å². The third kappa shape index (κ3) is 3.88. The Hall–Kier alpha value is -1.72. The molecule has 0 saturated heterocycles. The molecule has 6 nitrogen and oxygen atoms in total. The average molecular weight is 282 g/mol.